The molecular formula is C8H10F2N2OS. The normalized spacial score (nSPS) is 10.6. The number of alkyl halides is 2. The van der Waals surface area contributed by atoms with E-state index in [1.165, 1.54) is 18.4 Å². The van der Waals surface area contributed by atoms with Crippen LogP contribution in [0, 0.1) is 6.92 Å². The number of aryl methyl sites for hydroxylation is 1. The van der Waals surface area contributed by atoms with Crippen molar-refractivity contribution in [3.05, 3.63) is 16.1 Å². The number of nitrogens with zero attached hydrogens (tertiary/aromatic N) is 2. The van der Waals surface area contributed by atoms with Crippen molar-refractivity contribution in [2.24, 2.45) is 0 Å². The second-order valence-corrected chi connectivity index (χ2v) is 3.92. The van der Waals surface area contributed by atoms with Gasteiger partial charge in [-0.3, -0.25) is 4.79 Å². The first-order valence-corrected chi connectivity index (χ1v) is 4.83. The van der Waals surface area contributed by atoms with Gasteiger partial charge in [-0.15, -0.1) is 11.3 Å². The zero-order valence-corrected chi connectivity index (χ0v) is 8.65. The average molecular weight is 220 g/mol. The number of carbonyl (C=O) groups excluding carboxylic acids is 1. The van der Waals surface area contributed by atoms with E-state index in [0.717, 1.165) is 9.91 Å². The lowest BCUT2D eigenvalue weighted by Crippen LogP contribution is -2.31. The standard InChI is InChI=1S/C8H10F2N2OS/c1-5-11-6(4-14-5)3-12(2)8(13)7(9)10/h4,7H,3H2,1-2H3. The van der Waals surface area contributed by atoms with Gasteiger partial charge < -0.3 is 4.90 Å². The summed E-state index contributed by atoms with van der Waals surface area (Å²) in [6.07, 6.45) is -2.94. The van der Waals surface area contributed by atoms with E-state index >= 15 is 0 Å². The zero-order valence-electron chi connectivity index (χ0n) is 7.83. The average Bonchev–Trinajstić information content (AvgIpc) is 2.49. The van der Waals surface area contributed by atoms with Gasteiger partial charge in [0.2, 0.25) is 0 Å². The first-order valence-electron chi connectivity index (χ1n) is 3.95. The third kappa shape index (κ3) is 2.73. The van der Waals surface area contributed by atoms with Gasteiger partial charge >= 0.3 is 6.43 Å². The summed E-state index contributed by atoms with van der Waals surface area (Å²) in [5.74, 6) is -1.17. The summed E-state index contributed by atoms with van der Waals surface area (Å²) in [4.78, 5) is 15.8. The molecule has 0 bridgehead atoms. The lowest BCUT2D eigenvalue weighted by Gasteiger charge is -2.14. The van der Waals surface area contributed by atoms with Crippen molar-refractivity contribution in [3.63, 3.8) is 0 Å². The van der Waals surface area contributed by atoms with Crippen molar-refractivity contribution in [1.29, 1.82) is 0 Å². The Balaban J connectivity index is 2.57. The molecular weight excluding hydrogens is 210 g/mol. The van der Waals surface area contributed by atoms with Crippen molar-refractivity contribution in [3.8, 4) is 0 Å². The highest BCUT2D eigenvalue weighted by molar-refractivity contribution is 7.09. The number of amides is 1. The molecule has 1 amide bonds. The quantitative estimate of drug-likeness (QED) is 0.776. The van der Waals surface area contributed by atoms with Crippen LogP contribution in [-0.4, -0.2) is 29.3 Å². The fourth-order valence-corrected chi connectivity index (χ4v) is 1.57. The maximum Gasteiger partial charge on any atom is 0.315 e. The monoisotopic (exact) mass is 220 g/mol. The van der Waals surface area contributed by atoms with E-state index in [4.69, 9.17) is 0 Å². The van der Waals surface area contributed by atoms with E-state index < -0.39 is 12.3 Å². The van der Waals surface area contributed by atoms with Crippen molar-refractivity contribution in [2.45, 2.75) is 19.9 Å². The molecule has 0 aromatic carbocycles. The second kappa shape index (κ2) is 4.45. The van der Waals surface area contributed by atoms with Crippen LogP contribution in [0.5, 0.6) is 0 Å². The number of thiazole rings is 1. The SMILES string of the molecule is Cc1nc(CN(C)C(=O)C(F)F)cs1. The van der Waals surface area contributed by atoms with Gasteiger partial charge in [-0.1, -0.05) is 0 Å². The molecule has 0 unspecified atom stereocenters. The number of hydrogen-bond acceptors (Lipinski definition) is 3. The Morgan fingerprint density at radius 3 is 2.79 bits per heavy atom. The topological polar surface area (TPSA) is 33.2 Å². The van der Waals surface area contributed by atoms with Crippen LogP contribution < -0.4 is 0 Å². The predicted molar refractivity (Wildman–Crippen MR) is 49.3 cm³/mol. The minimum atomic E-state index is -2.94. The fourth-order valence-electron chi connectivity index (χ4n) is 0.968. The smallest absolute Gasteiger partial charge is 0.315 e. The Labute approximate surface area is 84.4 Å². The summed E-state index contributed by atoms with van der Waals surface area (Å²) in [5, 5.41) is 2.61. The third-order valence-electron chi connectivity index (χ3n) is 1.63. The molecule has 0 atom stereocenters. The summed E-state index contributed by atoms with van der Waals surface area (Å²) in [6, 6.07) is 0. The molecule has 0 radical (unpaired) electrons. The summed E-state index contributed by atoms with van der Waals surface area (Å²) < 4.78 is 24.0. The number of carbonyl (C=O) groups is 1. The van der Waals surface area contributed by atoms with Crippen LogP contribution in [-0.2, 0) is 11.3 Å². The van der Waals surface area contributed by atoms with Crippen LogP contribution >= 0.6 is 11.3 Å². The van der Waals surface area contributed by atoms with Gasteiger partial charge in [0.25, 0.3) is 5.91 Å². The van der Waals surface area contributed by atoms with Gasteiger partial charge in [0, 0.05) is 12.4 Å². The molecule has 1 heterocycles. The number of rotatable bonds is 3. The number of hydrogen-bond donors (Lipinski definition) is 0. The van der Waals surface area contributed by atoms with Crippen LogP contribution in [0.25, 0.3) is 0 Å². The molecule has 0 spiro atoms. The third-order valence-corrected chi connectivity index (χ3v) is 2.45. The molecule has 1 rings (SSSR count). The number of aromatic nitrogens is 1. The summed E-state index contributed by atoms with van der Waals surface area (Å²) in [7, 11) is 1.34. The van der Waals surface area contributed by atoms with E-state index in [2.05, 4.69) is 4.98 Å². The molecule has 0 N–H and O–H groups in total. The van der Waals surface area contributed by atoms with E-state index in [0.29, 0.717) is 5.69 Å². The first-order chi connectivity index (χ1) is 6.50. The predicted octanol–water partition coefficient (Wildman–Crippen LogP) is 1.68. The molecule has 0 saturated carbocycles. The van der Waals surface area contributed by atoms with Crippen molar-refractivity contribution in [1.82, 2.24) is 9.88 Å². The molecule has 6 heteroatoms. The van der Waals surface area contributed by atoms with E-state index in [-0.39, 0.29) is 6.54 Å². The Morgan fingerprint density at radius 1 is 1.71 bits per heavy atom. The Morgan fingerprint density at radius 2 is 2.36 bits per heavy atom. The molecule has 0 saturated heterocycles. The van der Waals surface area contributed by atoms with E-state index in [1.54, 1.807) is 5.38 Å². The van der Waals surface area contributed by atoms with Gasteiger partial charge in [-0.25, -0.2) is 4.98 Å². The fraction of sp³-hybridized carbons (Fsp3) is 0.500. The van der Waals surface area contributed by atoms with Crippen LogP contribution in [0.1, 0.15) is 10.7 Å². The van der Waals surface area contributed by atoms with E-state index in [1.807, 2.05) is 6.92 Å². The highest BCUT2D eigenvalue weighted by atomic mass is 32.1. The van der Waals surface area contributed by atoms with Gasteiger partial charge in [0.15, 0.2) is 0 Å². The summed E-state index contributed by atoms with van der Waals surface area (Å²) in [5.41, 5.74) is 0.643. The molecule has 0 aliphatic heterocycles. The molecule has 14 heavy (non-hydrogen) atoms. The highest BCUT2D eigenvalue weighted by Crippen LogP contribution is 2.10. The Bertz CT molecular complexity index is 327. The number of halogens is 2. The molecule has 78 valence electrons. The summed E-state index contributed by atoms with van der Waals surface area (Å²) in [6.45, 7) is 1.95. The van der Waals surface area contributed by atoms with Crippen LogP contribution in [0.3, 0.4) is 0 Å². The second-order valence-electron chi connectivity index (χ2n) is 2.85. The molecule has 0 aliphatic carbocycles. The lowest BCUT2D eigenvalue weighted by atomic mass is 10.4. The molecule has 1 aromatic heterocycles. The largest absolute Gasteiger partial charge is 0.335 e. The highest BCUT2D eigenvalue weighted by Gasteiger charge is 2.20. The van der Waals surface area contributed by atoms with Crippen LogP contribution in [0.15, 0.2) is 5.38 Å². The van der Waals surface area contributed by atoms with Crippen molar-refractivity contribution < 1.29 is 13.6 Å². The van der Waals surface area contributed by atoms with Gasteiger partial charge in [0.1, 0.15) is 0 Å². The first kappa shape index (κ1) is 11.0. The van der Waals surface area contributed by atoms with Crippen molar-refractivity contribution in [2.75, 3.05) is 7.05 Å². The van der Waals surface area contributed by atoms with E-state index in [9.17, 15) is 13.6 Å². The summed E-state index contributed by atoms with van der Waals surface area (Å²) >= 11 is 1.43. The maximum absolute atomic E-state index is 12.0. The molecule has 0 fully saturated rings. The van der Waals surface area contributed by atoms with Crippen LogP contribution in [0.4, 0.5) is 8.78 Å². The lowest BCUT2D eigenvalue weighted by molar-refractivity contribution is -0.142. The maximum atomic E-state index is 12.0. The van der Waals surface area contributed by atoms with Gasteiger partial charge in [0.05, 0.1) is 17.2 Å². The minimum absolute atomic E-state index is 0.132. The zero-order chi connectivity index (χ0) is 10.7. The van der Waals surface area contributed by atoms with Gasteiger partial charge in [-0.2, -0.15) is 8.78 Å². The Kier molecular flexibility index (Phi) is 3.51. The van der Waals surface area contributed by atoms with Crippen LogP contribution in [0.2, 0.25) is 0 Å². The minimum Gasteiger partial charge on any atom is -0.335 e. The van der Waals surface area contributed by atoms with Crippen molar-refractivity contribution >= 4 is 17.2 Å². The van der Waals surface area contributed by atoms with Gasteiger partial charge in [-0.05, 0) is 6.92 Å². The molecule has 3 nitrogen and oxygen atoms in total. The Hall–Kier alpha value is -1.04. The molecule has 0 aliphatic rings. The molecule has 1 aromatic rings.